The van der Waals surface area contributed by atoms with Crippen LogP contribution in [-0.4, -0.2) is 62.5 Å². The van der Waals surface area contributed by atoms with Crippen LogP contribution in [0.15, 0.2) is 29.3 Å². The Kier molecular flexibility index (Phi) is 8.52. The van der Waals surface area contributed by atoms with Gasteiger partial charge in [-0.1, -0.05) is 12.1 Å². The molecule has 1 aliphatic heterocycles. The summed E-state index contributed by atoms with van der Waals surface area (Å²) in [6.45, 7) is 6.96. The van der Waals surface area contributed by atoms with Gasteiger partial charge in [0.1, 0.15) is 0 Å². The highest BCUT2D eigenvalue weighted by Crippen LogP contribution is 2.23. The molecule has 0 atom stereocenters. The average Bonchev–Trinajstić information content (AvgIpc) is 2.59. The molecule has 152 valence electrons. The molecule has 7 nitrogen and oxygen atoms in total. The van der Waals surface area contributed by atoms with Crippen molar-refractivity contribution in [2.75, 3.05) is 32.5 Å². The summed E-state index contributed by atoms with van der Waals surface area (Å²) in [6.07, 6.45) is 0. The van der Waals surface area contributed by atoms with Gasteiger partial charge in [0, 0.05) is 26.7 Å². The molecule has 1 heterocycles. The molecule has 1 aromatic rings. The Hall–Kier alpha value is -1.36. The second-order valence-corrected chi connectivity index (χ2v) is 9.56. The molecule has 1 aromatic carbocycles. The molecule has 1 aliphatic rings. The summed E-state index contributed by atoms with van der Waals surface area (Å²) < 4.78 is 28.5. The molecular formula is C18H28IN3O4S. The van der Waals surface area contributed by atoms with Crippen molar-refractivity contribution >= 4 is 45.7 Å². The number of carbonyl (C=O) groups excluding carboxylic acids is 1. The lowest BCUT2D eigenvalue weighted by Crippen LogP contribution is -2.57. The lowest BCUT2D eigenvalue weighted by atomic mass is 10.1. The Balaban J connectivity index is 0.00000364. The van der Waals surface area contributed by atoms with Crippen LogP contribution in [0, 0.1) is 0 Å². The van der Waals surface area contributed by atoms with Crippen molar-refractivity contribution in [2.24, 2.45) is 4.99 Å². The topological polar surface area (TPSA) is 88.1 Å². The van der Waals surface area contributed by atoms with Crippen LogP contribution in [0.5, 0.6) is 0 Å². The van der Waals surface area contributed by atoms with E-state index in [1.807, 2.05) is 17.0 Å². The fraction of sp³-hybridized carbons (Fsp3) is 0.556. The van der Waals surface area contributed by atoms with Gasteiger partial charge in [0.05, 0.1) is 22.7 Å². The summed E-state index contributed by atoms with van der Waals surface area (Å²) in [5.74, 6) is 0.455. The van der Waals surface area contributed by atoms with Crippen molar-refractivity contribution in [3.63, 3.8) is 0 Å². The fourth-order valence-electron chi connectivity index (χ4n) is 2.81. The predicted molar refractivity (Wildman–Crippen MR) is 117 cm³/mol. The number of rotatable bonds is 4. The van der Waals surface area contributed by atoms with Crippen LogP contribution in [0.3, 0.4) is 0 Å². The number of hydrogen-bond donors (Lipinski definition) is 1. The molecular weight excluding hydrogens is 481 g/mol. The van der Waals surface area contributed by atoms with E-state index in [2.05, 4.69) is 10.3 Å². The number of halogens is 1. The predicted octanol–water partition coefficient (Wildman–Crippen LogP) is 2.07. The van der Waals surface area contributed by atoms with Crippen molar-refractivity contribution in [1.82, 2.24) is 10.2 Å². The minimum Gasteiger partial charge on any atom is -0.462 e. The first kappa shape index (κ1) is 23.7. The monoisotopic (exact) mass is 509 g/mol. The maximum atomic E-state index is 12.1. The molecule has 0 bridgehead atoms. The van der Waals surface area contributed by atoms with E-state index in [0.29, 0.717) is 37.8 Å². The lowest BCUT2D eigenvalue weighted by Gasteiger charge is -2.39. The molecule has 1 N–H and O–H groups in total. The quantitative estimate of drug-likeness (QED) is 0.290. The highest BCUT2D eigenvalue weighted by molar-refractivity contribution is 14.0. The van der Waals surface area contributed by atoms with E-state index in [1.165, 1.54) is 0 Å². The molecule has 0 amide bonds. The van der Waals surface area contributed by atoms with Crippen molar-refractivity contribution in [3.05, 3.63) is 35.4 Å². The Morgan fingerprint density at radius 3 is 2.44 bits per heavy atom. The number of benzene rings is 1. The van der Waals surface area contributed by atoms with Crippen molar-refractivity contribution < 1.29 is 17.9 Å². The largest absolute Gasteiger partial charge is 0.462 e. The van der Waals surface area contributed by atoms with Gasteiger partial charge in [-0.25, -0.2) is 13.2 Å². The molecule has 1 saturated heterocycles. The van der Waals surface area contributed by atoms with Crippen molar-refractivity contribution in [3.8, 4) is 0 Å². The Bertz CT molecular complexity index is 776. The summed E-state index contributed by atoms with van der Waals surface area (Å²) in [5.41, 5.74) is 1.51. The number of esters is 1. The minimum absolute atomic E-state index is 0. The number of guanidine groups is 1. The molecule has 1 fully saturated rings. The first-order chi connectivity index (χ1) is 12.2. The second-order valence-electron chi connectivity index (χ2n) is 6.82. The van der Waals surface area contributed by atoms with Crippen LogP contribution < -0.4 is 5.32 Å². The minimum atomic E-state index is -3.09. The van der Waals surface area contributed by atoms with Crippen LogP contribution in [0.4, 0.5) is 0 Å². The average molecular weight is 509 g/mol. The summed E-state index contributed by atoms with van der Waals surface area (Å²) in [7, 11) is -1.41. The normalized spacial score (nSPS) is 18.4. The van der Waals surface area contributed by atoms with E-state index in [0.717, 1.165) is 5.56 Å². The van der Waals surface area contributed by atoms with Gasteiger partial charge in [0.15, 0.2) is 15.8 Å². The van der Waals surface area contributed by atoms with E-state index in [-0.39, 0.29) is 35.7 Å². The summed E-state index contributed by atoms with van der Waals surface area (Å²) in [6, 6.07) is 7.18. The van der Waals surface area contributed by atoms with Crippen LogP contribution in [0.1, 0.15) is 36.7 Å². The number of hydrogen-bond acceptors (Lipinski definition) is 5. The summed E-state index contributed by atoms with van der Waals surface area (Å²) >= 11 is 0. The molecule has 0 aliphatic carbocycles. The zero-order chi connectivity index (χ0) is 19.4. The van der Waals surface area contributed by atoms with Gasteiger partial charge in [-0.05, 0) is 38.5 Å². The van der Waals surface area contributed by atoms with E-state index in [1.54, 1.807) is 40.0 Å². The summed E-state index contributed by atoms with van der Waals surface area (Å²) in [4.78, 5) is 17.9. The van der Waals surface area contributed by atoms with E-state index >= 15 is 0 Å². The molecule has 0 radical (unpaired) electrons. The van der Waals surface area contributed by atoms with Gasteiger partial charge in [-0.3, -0.25) is 4.99 Å². The smallest absolute Gasteiger partial charge is 0.338 e. The van der Waals surface area contributed by atoms with Crippen LogP contribution >= 0.6 is 24.0 Å². The number of carbonyl (C=O) groups is 1. The van der Waals surface area contributed by atoms with Gasteiger partial charge < -0.3 is 15.0 Å². The third-order valence-corrected chi connectivity index (χ3v) is 7.00. The Morgan fingerprint density at radius 1 is 1.30 bits per heavy atom. The molecule has 0 unspecified atom stereocenters. The fourth-order valence-corrected chi connectivity index (χ4v) is 4.18. The number of aliphatic imine (C=N–C) groups is 1. The molecule has 0 saturated carbocycles. The van der Waals surface area contributed by atoms with Crippen LogP contribution in [-0.2, 0) is 21.1 Å². The molecule has 9 heteroatoms. The number of sulfone groups is 1. The highest BCUT2D eigenvalue weighted by Gasteiger charge is 2.40. The van der Waals surface area contributed by atoms with Crippen LogP contribution in [0.2, 0.25) is 0 Å². The van der Waals surface area contributed by atoms with Crippen molar-refractivity contribution in [1.29, 1.82) is 0 Å². The lowest BCUT2D eigenvalue weighted by molar-refractivity contribution is 0.0526. The molecule has 0 aromatic heterocycles. The third kappa shape index (κ3) is 5.81. The van der Waals surface area contributed by atoms with E-state index < -0.39 is 14.6 Å². The van der Waals surface area contributed by atoms with Crippen LogP contribution in [0.25, 0.3) is 0 Å². The van der Waals surface area contributed by atoms with Gasteiger partial charge >= 0.3 is 5.97 Å². The maximum absolute atomic E-state index is 12.1. The Labute approximate surface area is 178 Å². The molecule has 2 rings (SSSR count). The SMILES string of the molecule is CCOC(=O)c1ccc(CNC(=NC)N2CCS(=O)(=O)C(C)(C)C2)cc1.I. The van der Waals surface area contributed by atoms with Gasteiger partial charge in [-0.2, -0.15) is 0 Å². The first-order valence-corrected chi connectivity index (χ1v) is 10.3. The Morgan fingerprint density at radius 2 is 1.93 bits per heavy atom. The van der Waals surface area contributed by atoms with Crippen molar-refractivity contribution in [2.45, 2.75) is 32.1 Å². The highest BCUT2D eigenvalue weighted by atomic mass is 127. The van der Waals surface area contributed by atoms with Gasteiger partial charge in [-0.15, -0.1) is 24.0 Å². The van der Waals surface area contributed by atoms with Gasteiger partial charge in [0.25, 0.3) is 0 Å². The molecule has 0 spiro atoms. The molecule has 27 heavy (non-hydrogen) atoms. The number of nitrogens with zero attached hydrogens (tertiary/aromatic N) is 2. The zero-order valence-electron chi connectivity index (χ0n) is 16.2. The van der Waals surface area contributed by atoms with E-state index in [4.69, 9.17) is 4.74 Å². The summed E-state index contributed by atoms with van der Waals surface area (Å²) in [5, 5.41) is 3.26. The van der Waals surface area contributed by atoms with Gasteiger partial charge in [0.2, 0.25) is 0 Å². The third-order valence-electron chi connectivity index (χ3n) is 4.47. The zero-order valence-corrected chi connectivity index (χ0v) is 19.3. The number of ether oxygens (including phenoxy) is 1. The first-order valence-electron chi connectivity index (χ1n) is 8.64. The second kappa shape index (κ2) is 9.72. The number of nitrogens with one attached hydrogen (secondary N) is 1. The maximum Gasteiger partial charge on any atom is 0.338 e. The standard InChI is InChI=1S/C18H27N3O4S.HI/c1-5-25-16(22)15-8-6-14(7-9-15)12-20-17(19-4)21-10-11-26(23,24)18(2,3)13-21;/h6-9H,5,10-13H2,1-4H3,(H,19,20);1H. The van der Waals surface area contributed by atoms with E-state index in [9.17, 15) is 13.2 Å².